The van der Waals surface area contributed by atoms with Gasteiger partial charge >= 0.3 is 0 Å². The van der Waals surface area contributed by atoms with Crippen LogP contribution in [0.25, 0.3) is 81.0 Å². The van der Waals surface area contributed by atoms with E-state index in [0.29, 0.717) is 15.5 Å². The molecule has 0 unspecified atom stereocenters. The lowest BCUT2D eigenvalue weighted by Crippen LogP contribution is -2.10. The van der Waals surface area contributed by atoms with Gasteiger partial charge in [0.1, 0.15) is 0 Å². The van der Waals surface area contributed by atoms with E-state index < -0.39 is 142 Å². The Hall–Kier alpha value is -7.20. The number of hydrogen-bond donors (Lipinski definition) is 0. The number of benzene rings is 9. The van der Waals surface area contributed by atoms with E-state index in [4.69, 9.17) is 13.7 Å². The van der Waals surface area contributed by atoms with Crippen LogP contribution in [0.15, 0.2) is 218 Å². The summed E-state index contributed by atoms with van der Waals surface area (Å²) in [6.07, 6.45) is 0. The fraction of sp³-hybridized carbons (Fsp3) is 0. The van der Waals surface area contributed by atoms with E-state index in [1.54, 1.807) is 18.2 Å². The number of thiophene rings is 1. The minimum Gasteiger partial charge on any atom is -0.310 e. The fourth-order valence-electron chi connectivity index (χ4n) is 7.40. The summed E-state index contributed by atoms with van der Waals surface area (Å²) in [6.45, 7) is 0. The van der Waals surface area contributed by atoms with Crippen LogP contribution in [0, 0.1) is 0 Å². The highest BCUT2D eigenvalue weighted by molar-refractivity contribution is 7.26. The summed E-state index contributed by atoms with van der Waals surface area (Å²) >= 11 is 1.40. The summed E-state index contributed by atoms with van der Waals surface area (Å²) in [6, 6.07) is 20.6. The summed E-state index contributed by atoms with van der Waals surface area (Å²) in [5.41, 5.74) is 0.950. The quantitative estimate of drug-likeness (QED) is 0.157. The summed E-state index contributed by atoms with van der Waals surface area (Å²) in [7, 11) is 0. The molecule has 11 rings (SSSR count). The molecule has 0 aliphatic heterocycles. The molecule has 0 fully saturated rings. The molecule has 0 radical (unpaired) electrons. The molecule has 2 heterocycles. The van der Waals surface area contributed by atoms with E-state index in [0.717, 1.165) is 48.2 Å². The van der Waals surface area contributed by atoms with Gasteiger partial charge in [0.2, 0.25) is 0 Å². The Balaban J connectivity index is 1.20. The molecule has 3 heteroatoms. The van der Waals surface area contributed by atoms with Crippen molar-refractivity contribution < 1.29 is 24.7 Å². The minimum absolute atomic E-state index is 0.0841. The molecule has 0 bridgehead atoms. The SMILES string of the molecule is [2H]c1c([2H])c([2H])c(-c2c([2H])c([2H])c(N(c3c([2H])c([2H])c(-c4c([2H])c([2H])c([2H])c([2H])c4[2H])c([2H])c3[2H])c3ccc(-c4ccc(-n5c6ccccc6c6ccccc65)cc4)c4sc5ccccc5c34)c([2H])c2[2H])c([2H])c1[2H]. The third kappa shape index (κ3) is 5.71. The maximum Gasteiger partial charge on any atom is 0.0645 e. The predicted molar refractivity (Wildman–Crippen MR) is 245 cm³/mol. The number of nitrogens with zero attached hydrogens (tertiary/aromatic N) is 2. The molecule has 0 aliphatic rings. The number of anilines is 3. The molecule has 0 aliphatic carbocycles. The van der Waals surface area contributed by atoms with Gasteiger partial charge < -0.3 is 9.47 Å². The molecule has 57 heavy (non-hydrogen) atoms. The first-order chi connectivity index (χ1) is 35.8. The molecule has 0 N–H and O–H groups in total. The van der Waals surface area contributed by atoms with Gasteiger partial charge in [-0.1, -0.05) is 157 Å². The maximum absolute atomic E-state index is 9.67. The average molecular weight is 763 g/mol. The zero-order valence-corrected chi connectivity index (χ0v) is 30.5. The summed E-state index contributed by atoms with van der Waals surface area (Å²) in [4.78, 5) is 1.09. The topological polar surface area (TPSA) is 8.17 Å². The first-order valence-corrected chi connectivity index (χ1v) is 18.8. The van der Waals surface area contributed by atoms with Crippen LogP contribution in [0.1, 0.15) is 24.7 Å². The smallest absolute Gasteiger partial charge is 0.0645 e. The Bertz CT molecular complexity index is 3990. The van der Waals surface area contributed by atoms with Crippen LogP contribution >= 0.6 is 11.3 Å². The Morgan fingerprint density at radius 3 is 1.47 bits per heavy atom. The monoisotopic (exact) mass is 762 g/mol. The second-order valence-corrected chi connectivity index (χ2v) is 14.2. The van der Waals surface area contributed by atoms with E-state index in [1.165, 1.54) is 11.3 Å². The maximum atomic E-state index is 9.67. The van der Waals surface area contributed by atoms with E-state index in [-0.39, 0.29) is 5.69 Å². The van der Waals surface area contributed by atoms with E-state index in [2.05, 4.69) is 28.8 Å². The van der Waals surface area contributed by atoms with Crippen molar-refractivity contribution in [3.63, 3.8) is 0 Å². The summed E-state index contributed by atoms with van der Waals surface area (Å²) < 4.78 is 164. The van der Waals surface area contributed by atoms with Crippen molar-refractivity contribution >= 4 is 70.4 Å². The fourth-order valence-corrected chi connectivity index (χ4v) is 8.66. The van der Waals surface area contributed by atoms with Crippen molar-refractivity contribution in [3.05, 3.63) is 218 Å². The number of fused-ring (bicyclic) bond motifs is 6. The Morgan fingerprint density at radius 2 is 0.912 bits per heavy atom. The van der Waals surface area contributed by atoms with Gasteiger partial charge in [0, 0.05) is 48.0 Å². The van der Waals surface area contributed by atoms with Crippen LogP contribution in [0.3, 0.4) is 0 Å². The van der Waals surface area contributed by atoms with Crippen LogP contribution < -0.4 is 4.90 Å². The molecule has 9 aromatic carbocycles. The molecular formula is C54H36N2S. The van der Waals surface area contributed by atoms with Gasteiger partial charge in [-0.05, 0) is 93.9 Å². The van der Waals surface area contributed by atoms with Gasteiger partial charge in [0.05, 0.1) is 41.4 Å². The first kappa shape index (κ1) is 19.6. The minimum atomic E-state index is -0.841. The van der Waals surface area contributed by atoms with Gasteiger partial charge in [-0.3, -0.25) is 0 Å². The lowest BCUT2D eigenvalue weighted by atomic mass is 9.99. The zero-order chi connectivity index (χ0) is 53.4. The number of para-hydroxylation sites is 2. The Kier molecular flexibility index (Phi) is 4.75. The van der Waals surface area contributed by atoms with Crippen molar-refractivity contribution in [2.24, 2.45) is 0 Å². The van der Waals surface area contributed by atoms with Crippen molar-refractivity contribution in [1.82, 2.24) is 4.57 Å². The largest absolute Gasteiger partial charge is 0.310 e. The molecule has 0 saturated heterocycles. The highest BCUT2D eigenvalue weighted by atomic mass is 32.1. The molecule has 2 aromatic heterocycles. The van der Waals surface area contributed by atoms with Crippen LogP contribution in [-0.4, -0.2) is 4.57 Å². The molecule has 11 aromatic rings. The molecule has 2 nitrogen and oxygen atoms in total. The predicted octanol–water partition coefficient (Wildman–Crippen LogP) is 15.6. The van der Waals surface area contributed by atoms with Crippen molar-refractivity contribution in [1.29, 1.82) is 0 Å². The van der Waals surface area contributed by atoms with Crippen LogP contribution in [0.4, 0.5) is 17.1 Å². The summed E-state index contributed by atoms with van der Waals surface area (Å²) in [5, 5.41) is 3.29. The molecule has 0 saturated carbocycles. The number of aromatic nitrogens is 1. The lowest BCUT2D eigenvalue weighted by molar-refractivity contribution is 1.18. The standard InChI is InChI=1S/C54H36N2S/c1-3-13-37(14-4-1)39-23-29-42(30-24-39)55(43-31-25-40(26-32-43)38-15-5-2-6-16-38)51-36-35-45(54-53(51)48-19-9-12-22-52(48)57-54)41-27-33-44(34-28-41)56-49-20-10-7-17-46(49)47-18-8-11-21-50(47)56/h1-36H/i1D,2D,3D,4D,5D,6D,13D,14D,15D,16D,23D,24D,25D,26D,29D,30D,31D,32D. The van der Waals surface area contributed by atoms with Crippen molar-refractivity contribution in [2.45, 2.75) is 0 Å². The molecule has 268 valence electrons. The zero-order valence-electron chi connectivity index (χ0n) is 47.7. The number of rotatable bonds is 7. The third-order valence-electron chi connectivity index (χ3n) is 9.93. The van der Waals surface area contributed by atoms with E-state index >= 15 is 0 Å². The van der Waals surface area contributed by atoms with Crippen LogP contribution in [0.5, 0.6) is 0 Å². The second kappa shape index (κ2) is 13.8. The van der Waals surface area contributed by atoms with Crippen LogP contribution in [0.2, 0.25) is 0 Å². The highest BCUT2D eigenvalue weighted by Crippen LogP contribution is 2.48. The van der Waals surface area contributed by atoms with Crippen LogP contribution in [-0.2, 0) is 0 Å². The normalized spacial score (nSPS) is 15.9. The highest BCUT2D eigenvalue weighted by Gasteiger charge is 2.21. The van der Waals surface area contributed by atoms with Crippen molar-refractivity contribution in [2.75, 3.05) is 4.90 Å². The lowest BCUT2D eigenvalue weighted by Gasteiger charge is -2.27. The number of hydrogen-bond acceptors (Lipinski definition) is 2. The molecular weight excluding hydrogens is 709 g/mol. The van der Waals surface area contributed by atoms with Gasteiger partial charge in [0.15, 0.2) is 0 Å². The Morgan fingerprint density at radius 1 is 0.421 bits per heavy atom. The van der Waals surface area contributed by atoms with Gasteiger partial charge in [0.25, 0.3) is 0 Å². The molecule has 0 amide bonds. The van der Waals surface area contributed by atoms with Gasteiger partial charge in [-0.15, -0.1) is 11.3 Å². The third-order valence-corrected chi connectivity index (χ3v) is 11.1. The van der Waals surface area contributed by atoms with E-state index in [9.17, 15) is 11.0 Å². The second-order valence-electron chi connectivity index (χ2n) is 13.1. The van der Waals surface area contributed by atoms with E-state index in [1.807, 2.05) is 66.7 Å². The van der Waals surface area contributed by atoms with Crippen molar-refractivity contribution in [3.8, 4) is 39.1 Å². The molecule has 0 atom stereocenters. The first-order valence-electron chi connectivity index (χ1n) is 27.0. The van der Waals surface area contributed by atoms with Gasteiger partial charge in [-0.2, -0.15) is 0 Å². The molecule has 0 spiro atoms. The average Bonchev–Trinajstić information content (AvgIpc) is 3.98. The van der Waals surface area contributed by atoms with Gasteiger partial charge in [-0.25, -0.2) is 0 Å². The summed E-state index contributed by atoms with van der Waals surface area (Å²) in [5.74, 6) is 0. The Labute approximate surface area is 361 Å².